The van der Waals surface area contributed by atoms with Crippen LogP contribution in [0.3, 0.4) is 0 Å². The smallest absolute Gasteiger partial charge is 0.303 e. The minimum atomic E-state index is -4.77. The van der Waals surface area contributed by atoms with Crippen LogP contribution in [0.15, 0.2) is 34.2 Å². The highest BCUT2D eigenvalue weighted by Gasteiger charge is 2.28. The van der Waals surface area contributed by atoms with E-state index in [1.54, 1.807) is 23.0 Å². The Hall–Kier alpha value is -2.59. The molecule has 3 aromatic rings. The maximum absolute atomic E-state index is 12.2. The molecule has 0 radical (unpaired) electrons. The van der Waals surface area contributed by atoms with E-state index in [0.717, 1.165) is 23.0 Å². The van der Waals surface area contributed by atoms with Crippen molar-refractivity contribution in [1.29, 1.82) is 0 Å². The van der Waals surface area contributed by atoms with Gasteiger partial charge in [0, 0.05) is 24.2 Å². The summed E-state index contributed by atoms with van der Waals surface area (Å²) in [5.74, 6) is 0.352. The van der Waals surface area contributed by atoms with Crippen LogP contribution in [0.4, 0.5) is 0 Å². The van der Waals surface area contributed by atoms with Gasteiger partial charge < -0.3 is 9.79 Å². The molecule has 4 rings (SSSR count). The van der Waals surface area contributed by atoms with Crippen molar-refractivity contribution in [1.82, 2.24) is 24.1 Å². The van der Waals surface area contributed by atoms with Gasteiger partial charge in [-0.05, 0) is 24.8 Å². The number of aromatic nitrogens is 5. The number of fused-ring (bicyclic) bond motifs is 1. The molecule has 12 heteroatoms. The van der Waals surface area contributed by atoms with Crippen LogP contribution in [0.5, 0.6) is 0 Å². The molecular formula is C14H14N5O6P. The van der Waals surface area contributed by atoms with Crippen LogP contribution in [-0.2, 0) is 15.8 Å². The SMILES string of the molecule is O=c1[nH]c(=O)n(COP(=O)(O)O)cc1-c1cc(C2CC2)c2nccn2n1. The van der Waals surface area contributed by atoms with Gasteiger partial charge in [-0.25, -0.2) is 18.9 Å². The van der Waals surface area contributed by atoms with Gasteiger partial charge >= 0.3 is 13.5 Å². The molecule has 0 bridgehead atoms. The van der Waals surface area contributed by atoms with Gasteiger partial charge in [-0.15, -0.1) is 0 Å². The zero-order valence-corrected chi connectivity index (χ0v) is 14.2. The third-order valence-corrected chi connectivity index (χ3v) is 4.51. The molecule has 0 saturated heterocycles. The topological polar surface area (TPSA) is 152 Å². The minimum absolute atomic E-state index is 0.0800. The minimum Gasteiger partial charge on any atom is -0.303 e. The van der Waals surface area contributed by atoms with E-state index in [-0.39, 0.29) is 5.56 Å². The summed E-state index contributed by atoms with van der Waals surface area (Å²) in [6, 6.07) is 1.75. The second-order valence-corrected chi connectivity index (χ2v) is 7.21. The van der Waals surface area contributed by atoms with Crippen LogP contribution in [0, 0.1) is 0 Å². The zero-order chi connectivity index (χ0) is 18.5. The molecule has 1 saturated carbocycles. The summed E-state index contributed by atoms with van der Waals surface area (Å²) < 4.78 is 17.6. The van der Waals surface area contributed by atoms with Crippen molar-refractivity contribution in [3.05, 3.63) is 51.1 Å². The van der Waals surface area contributed by atoms with Crippen molar-refractivity contribution in [3.63, 3.8) is 0 Å². The molecule has 11 nitrogen and oxygen atoms in total. The van der Waals surface area contributed by atoms with E-state index in [1.165, 1.54) is 6.20 Å². The summed E-state index contributed by atoms with van der Waals surface area (Å²) in [6.07, 6.45) is 6.48. The molecule has 1 fully saturated rings. The first-order chi connectivity index (χ1) is 12.3. The van der Waals surface area contributed by atoms with E-state index in [0.29, 0.717) is 17.3 Å². The molecule has 0 spiro atoms. The number of phosphoric ester groups is 1. The first-order valence-electron chi connectivity index (χ1n) is 7.70. The van der Waals surface area contributed by atoms with Crippen molar-refractivity contribution in [2.75, 3.05) is 0 Å². The van der Waals surface area contributed by atoms with Crippen LogP contribution in [-0.4, -0.2) is 33.9 Å². The Bertz CT molecular complexity index is 1150. The number of aromatic amines is 1. The number of nitrogens with one attached hydrogen (secondary N) is 1. The fourth-order valence-electron chi connectivity index (χ4n) is 2.69. The van der Waals surface area contributed by atoms with Crippen molar-refractivity contribution in [2.24, 2.45) is 0 Å². The maximum Gasteiger partial charge on any atom is 0.471 e. The number of rotatable bonds is 5. The monoisotopic (exact) mass is 379 g/mol. The second-order valence-electron chi connectivity index (χ2n) is 5.98. The molecule has 3 heterocycles. The normalized spacial score (nSPS) is 14.8. The predicted octanol–water partition coefficient (Wildman–Crippen LogP) is 0.190. The molecule has 0 aromatic carbocycles. The third-order valence-electron chi connectivity index (χ3n) is 4.06. The lowest BCUT2D eigenvalue weighted by molar-refractivity contribution is 0.150. The first-order valence-corrected chi connectivity index (χ1v) is 9.23. The number of H-pyrrole nitrogens is 1. The van der Waals surface area contributed by atoms with E-state index in [1.807, 2.05) is 0 Å². The van der Waals surface area contributed by atoms with Crippen molar-refractivity contribution in [3.8, 4) is 11.3 Å². The Labute approximate surface area is 145 Å². The Morgan fingerprint density at radius 2 is 2.12 bits per heavy atom. The number of nitrogens with zero attached hydrogens (tertiary/aromatic N) is 4. The van der Waals surface area contributed by atoms with Gasteiger partial charge in [-0.3, -0.25) is 18.9 Å². The van der Waals surface area contributed by atoms with E-state index >= 15 is 0 Å². The summed E-state index contributed by atoms with van der Waals surface area (Å²) in [7, 11) is -4.77. The lowest BCUT2D eigenvalue weighted by Gasteiger charge is -2.10. The standard InChI is InChI=1S/C14H14N5O6P/c20-13-10(6-18(14(21)16-13)7-25-26(22,23)24)11-5-9(8-1-2-8)12-15-3-4-19(12)17-11/h3-6,8H,1-2,7H2,(H,16,20,21)(H2,22,23,24). The Kier molecular flexibility index (Phi) is 3.88. The quantitative estimate of drug-likeness (QED) is 0.531. The molecule has 1 aliphatic rings. The molecule has 136 valence electrons. The summed E-state index contributed by atoms with van der Waals surface area (Å²) in [4.78, 5) is 48.0. The van der Waals surface area contributed by atoms with Crippen molar-refractivity contribution < 1.29 is 18.9 Å². The number of phosphoric acid groups is 1. The van der Waals surface area contributed by atoms with Crippen molar-refractivity contribution in [2.45, 2.75) is 25.5 Å². The molecule has 0 aliphatic heterocycles. The largest absolute Gasteiger partial charge is 0.471 e. The molecule has 26 heavy (non-hydrogen) atoms. The van der Waals surface area contributed by atoms with Crippen LogP contribution >= 0.6 is 7.82 Å². The third kappa shape index (κ3) is 3.25. The lowest BCUT2D eigenvalue weighted by Crippen LogP contribution is -2.31. The Morgan fingerprint density at radius 1 is 1.35 bits per heavy atom. The highest BCUT2D eigenvalue weighted by molar-refractivity contribution is 7.46. The fourth-order valence-corrected chi connectivity index (χ4v) is 2.97. The van der Waals surface area contributed by atoms with Gasteiger partial charge in [-0.1, -0.05) is 0 Å². The average Bonchev–Trinajstić information content (AvgIpc) is 3.29. The van der Waals surface area contributed by atoms with Crippen LogP contribution in [0.1, 0.15) is 24.3 Å². The van der Waals surface area contributed by atoms with E-state index < -0.39 is 25.8 Å². The molecule has 0 unspecified atom stereocenters. The Balaban J connectivity index is 1.82. The van der Waals surface area contributed by atoms with E-state index in [9.17, 15) is 14.2 Å². The summed E-state index contributed by atoms with van der Waals surface area (Å²) in [5.41, 5.74) is 0.573. The Morgan fingerprint density at radius 3 is 2.81 bits per heavy atom. The predicted molar refractivity (Wildman–Crippen MR) is 88.4 cm³/mol. The molecular weight excluding hydrogens is 365 g/mol. The summed E-state index contributed by atoms with van der Waals surface area (Å²) >= 11 is 0. The lowest BCUT2D eigenvalue weighted by atomic mass is 10.1. The average molecular weight is 379 g/mol. The molecule has 0 amide bonds. The molecule has 1 aliphatic carbocycles. The maximum atomic E-state index is 12.2. The molecule has 0 atom stereocenters. The molecule has 3 N–H and O–H groups in total. The van der Waals surface area contributed by atoms with Crippen LogP contribution in [0.25, 0.3) is 16.9 Å². The van der Waals surface area contributed by atoms with Gasteiger partial charge in [0.2, 0.25) is 0 Å². The number of hydrogen-bond donors (Lipinski definition) is 3. The fraction of sp³-hybridized carbons (Fsp3) is 0.286. The first kappa shape index (κ1) is 16.9. The van der Waals surface area contributed by atoms with E-state index in [2.05, 4.69) is 19.6 Å². The molecule has 3 aromatic heterocycles. The van der Waals surface area contributed by atoms with Gasteiger partial charge in [0.15, 0.2) is 5.65 Å². The summed E-state index contributed by atoms with van der Waals surface area (Å²) in [5, 5.41) is 4.34. The van der Waals surface area contributed by atoms with Gasteiger partial charge in [0.05, 0.1) is 11.3 Å². The number of hydrogen-bond acceptors (Lipinski definition) is 6. The number of imidazole rings is 1. The highest BCUT2D eigenvalue weighted by Crippen LogP contribution is 2.42. The van der Waals surface area contributed by atoms with Crippen LogP contribution < -0.4 is 11.2 Å². The summed E-state index contributed by atoms with van der Waals surface area (Å²) in [6.45, 7) is -0.713. The zero-order valence-electron chi connectivity index (χ0n) is 13.3. The van der Waals surface area contributed by atoms with E-state index in [4.69, 9.17) is 9.79 Å². The highest BCUT2D eigenvalue weighted by atomic mass is 31.2. The van der Waals surface area contributed by atoms with Crippen molar-refractivity contribution >= 4 is 13.5 Å². The second kappa shape index (κ2) is 5.99. The van der Waals surface area contributed by atoms with Gasteiger partial charge in [0.25, 0.3) is 5.56 Å². The van der Waals surface area contributed by atoms with Gasteiger partial charge in [-0.2, -0.15) is 5.10 Å². The van der Waals surface area contributed by atoms with Crippen LogP contribution in [0.2, 0.25) is 0 Å². The van der Waals surface area contributed by atoms with Gasteiger partial charge in [0.1, 0.15) is 6.73 Å².